The Hall–Kier alpha value is -1.06. The zero-order chi connectivity index (χ0) is 14.1. The van der Waals surface area contributed by atoms with Gasteiger partial charge in [0.1, 0.15) is 0 Å². The number of aliphatic hydroxyl groups is 1. The molecule has 0 amide bonds. The highest BCUT2D eigenvalue weighted by Gasteiger charge is 2.13. The van der Waals surface area contributed by atoms with E-state index < -0.39 is 6.10 Å². The van der Waals surface area contributed by atoms with Crippen LogP contribution in [0.2, 0.25) is 10.0 Å². The molecule has 2 aromatic carbocycles. The molecule has 0 spiro atoms. The highest BCUT2D eigenvalue weighted by Crippen LogP contribution is 2.31. The van der Waals surface area contributed by atoms with Crippen molar-refractivity contribution >= 4 is 44.6 Å². The van der Waals surface area contributed by atoms with Crippen molar-refractivity contribution in [2.45, 2.75) is 12.5 Å². The first kappa shape index (κ1) is 13.9. The van der Waals surface area contributed by atoms with E-state index in [2.05, 4.69) is 17.5 Å². The normalized spacial score (nSPS) is 12.8. The fraction of sp³-hybridized carbons (Fsp3) is 0.125. The van der Waals surface area contributed by atoms with Crippen molar-refractivity contribution in [3.63, 3.8) is 0 Å². The van der Waals surface area contributed by atoms with Crippen LogP contribution in [-0.2, 0) is 6.42 Å². The smallest absolute Gasteiger partial charge is 0.0831 e. The van der Waals surface area contributed by atoms with Gasteiger partial charge in [0, 0.05) is 11.1 Å². The summed E-state index contributed by atoms with van der Waals surface area (Å²) in [7, 11) is 0. The number of thiophene rings is 1. The van der Waals surface area contributed by atoms with Gasteiger partial charge in [0.25, 0.3) is 0 Å². The van der Waals surface area contributed by atoms with Crippen LogP contribution in [0.3, 0.4) is 0 Å². The van der Waals surface area contributed by atoms with Gasteiger partial charge in [-0.3, -0.25) is 0 Å². The SMILES string of the molecule is OC(Cc1csc2ccccc12)c1ccc(Cl)c(Cl)c1. The highest BCUT2D eigenvalue weighted by molar-refractivity contribution is 7.17. The molecule has 0 aliphatic carbocycles. The minimum atomic E-state index is -0.581. The van der Waals surface area contributed by atoms with Gasteiger partial charge >= 0.3 is 0 Å². The summed E-state index contributed by atoms with van der Waals surface area (Å²) in [6.45, 7) is 0. The monoisotopic (exact) mass is 322 g/mol. The second kappa shape index (κ2) is 5.74. The molecule has 0 saturated heterocycles. The number of hydrogen-bond acceptors (Lipinski definition) is 2. The molecule has 20 heavy (non-hydrogen) atoms. The Labute approximate surface area is 131 Å². The van der Waals surface area contributed by atoms with Crippen molar-refractivity contribution in [3.05, 3.63) is 69.0 Å². The van der Waals surface area contributed by atoms with Crippen molar-refractivity contribution in [2.75, 3.05) is 0 Å². The van der Waals surface area contributed by atoms with Crippen molar-refractivity contribution in [2.24, 2.45) is 0 Å². The van der Waals surface area contributed by atoms with Crippen molar-refractivity contribution < 1.29 is 5.11 Å². The van der Waals surface area contributed by atoms with Gasteiger partial charge in [-0.05, 0) is 40.1 Å². The standard InChI is InChI=1S/C16H12Cl2OS/c17-13-6-5-10(7-14(13)18)15(19)8-11-9-20-16-4-2-1-3-12(11)16/h1-7,9,15,19H,8H2. The van der Waals surface area contributed by atoms with Gasteiger partial charge < -0.3 is 5.11 Å². The number of benzene rings is 2. The molecular formula is C16H12Cl2OS. The fourth-order valence-corrected chi connectivity index (χ4v) is 3.52. The number of halogens is 2. The second-order valence-corrected chi connectivity index (χ2v) is 6.38. The van der Waals surface area contributed by atoms with E-state index in [1.165, 1.54) is 10.1 Å². The van der Waals surface area contributed by atoms with Crippen molar-refractivity contribution in [3.8, 4) is 0 Å². The highest BCUT2D eigenvalue weighted by atomic mass is 35.5. The lowest BCUT2D eigenvalue weighted by molar-refractivity contribution is 0.179. The topological polar surface area (TPSA) is 20.2 Å². The molecule has 0 saturated carbocycles. The average Bonchev–Trinajstić information content (AvgIpc) is 2.85. The maximum Gasteiger partial charge on any atom is 0.0831 e. The summed E-state index contributed by atoms with van der Waals surface area (Å²) in [6.07, 6.45) is -0.00936. The van der Waals surface area contributed by atoms with Crippen LogP contribution in [0.25, 0.3) is 10.1 Å². The zero-order valence-electron chi connectivity index (χ0n) is 10.5. The largest absolute Gasteiger partial charge is 0.388 e. The van der Waals surface area contributed by atoms with Crippen molar-refractivity contribution in [1.29, 1.82) is 0 Å². The van der Waals surface area contributed by atoms with Gasteiger partial charge in [0.05, 0.1) is 16.1 Å². The summed E-state index contributed by atoms with van der Waals surface area (Å²) in [6, 6.07) is 13.5. The number of fused-ring (bicyclic) bond motifs is 1. The molecule has 1 aromatic heterocycles. The van der Waals surface area contributed by atoms with Crippen LogP contribution in [-0.4, -0.2) is 5.11 Å². The second-order valence-electron chi connectivity index (χ2n) is 4.65. The van der Waals surface area contributed by atoms with Crippen LogP contribution in [0.4, 0.5) is 0 Å². The Morgan fingerprint density at radius 2 is 1.85 bits per heavy atom. The van der Waals surface area contributed by atoms with E-state index in [0.717, 1.165) is 11.1 Å². The molecule has 1 unspecified atom stereocenters. The third-order valence-corrected chi connectivity index (χ3v) is 5.05. The molecule has 3 aromatic rings. The molecule has 1 nitrogen and oxygen atoms in total. The minimum Gasteiger partial charge on any atom is -0.388 e. The summed E-state index contributed by atoms with van der Waals surface area (Å²) < 4.78 is 1.24. The first-order valence-electron chi connectivity index (χ1n) is 6.23. The predicted molar refractivity (Wildman–Crippen MR) is 87.0 cm³/mol. The first-order valence-corrected chi connectivity index (χ1v) is 7.87. The number of rotatable bonds is 3. The molecule has 4 heteroatoms. The molecule has 0 aliphatic rings. The molecule has 0 radical (unpaired) electrons. The molecule has 102 valence electrons. The lowest BCUT2D eigenvalue weighted by Gasteiger charge is -2.11. The Kier molecular flexibility index (Phi) is 3.99. The summed E-state index contributed by atoms with van der Waals surface area (Å²) in [5, 5.41) is 14.7. The number of aliphatic hydroxyl groups excluding tert-OH is 1. The van der Waals surface area contributed by atoms with E-state index in [9.17, 15) is 5.11 Å². The summed E-state index contributed by atoms with van der Waals surface area (Å²) >= 11 is 13.6. The van der Waals surface area contributed by atoms with Gasteiger partial charge in [-0.1, -0.05) is 47.5 Å². The van der Waals surface area contributed by atoms with Crippen LogP contribution in [0, 0.1) is 0 Å². The maximum atomic E-state index is 10.4. The van der Waals surface area contributed by atoms with E-state index >= 15 is 0 Å². The third-order valence-electron chi connectivity index (χ3n) is 3.30. The summed E-state index contributed by atoms with van der Waals surface area (Å²) in [5.41, 5.74) is 1.94. The van der Waals surface area contributed by atoms with Gasteiger partial charge in [0.2, 0.25) is 0 Å². The number of hydrogen-bond donors (Lipinski definition) is 1. The molecule has 1 heterocycles. The van der Waals surface area contributed by atoms with Gasteiger partial charge in [-0.2, -0.15) is 0 Å². The van der Waals surface area contributed by atoms with Crippen LogP contribution >= 0.6 is 34.5 Å². The molecule has 1 atom stereocenters. The molecule has 0 aliphatic heterocycles. The lowest BCUT2D eigenvalue weighted by atomic mass is 10.0. The molecule has 1 N–H and O–H groups in total. The quantitative estimate of drug-likeness (QED) is 0.676. The molecule has 0 bridgehead atoms. The minimum absolute atomic E-state index is 0.471. The van der Waals surface area contributed by atoms with Gasteiger partial charge in [-0.15, -0.1) is 11.3 Å². The molecule has 3 rings (SSSR count). The van der Waals surface area contributed by atoms with Crippen LogP contribution in [0.5, 0.6) is 0 Å². The molecule has 0 fully saturated rings. The van der Waals surface area contributed by atoms with Crippen LogP contribution in [0.1, 0.15) is 17.2 Å². The fourth-order valence-electron chi connectivity index (χ4n) is 2.24. The summed E-state index contributed by atoms with van der Waals surface area (Å²) in [4.78, 5) is 0. The van der Waals surface area contributed by atoms with E-state index in [0.29, 0.717) is 16.5 Å². The van der Waals surface area contributed by atoms with Crippen LogP contribution in [0.15, 0.2) is 47.8 Å². The Balaban J connectivity index is 1.88. The predicted octanol–water partition coefficient (Wildman–Crippen LogP) is 5.48. The third kappa shape index (κ3) is 2.70. The molecular weight excluding hydrogens is 311 g/mol. The first-order chi connectivity index (χ1) is 9.65. The Bertz CT molecular complexity index is 751. The maximum absolute atomic E-state index is 10.4. The van der Waals surface area contributed by atoms with E-state index in [4.69, 9.17) is 23.2 Å². The Morgan fingerprint density at radius 1 is 1.05 bits per heavy atom. The lowest BCUT2D eigenvalue weighted by Crippen LogP contribution is -2.01. The van der Waals surface area contributed by atoms with E-state index in [-0.39, 0.29) is 0 Å². The van der Waals surface area contributed by atoms with Gasteiger partial charge in [0.15, 0.2) is 0 Å². The van der Waals surface area contributed by atoms with Crippen molar-refractivity contribution in [1.82, 2.24) is 0 Å². The summed E-state index contributed by atoms with van der Waals surface area (Å²) in [5.74, 6) is 0. The van der Waals surface area contributed by atoms with Crippen LogP contribution < -0.4 is 0 Å². The average molecular weight is 323 g/mol. The van der Waals surface area contributed by atoms with E-state index in [1.54, 1.807) is 23.5 Å². The zero-order valence-corrected chi connectivity index (χ0v) is 12.8. The van der Waals surface area contributed by atoms with Gasteiger partial charge in [-0.25, -0.2) is 0 Å². The van der Waals surface area contributed by atoms with E-state index in [1.807, 2.05) is 18.2 Å². The Morgan fingerprint density at radius 3 is 2.65 bits per heavy atom.